The second-order valence-electron chi connectivity index (χ2n) is 5.98. The van der Waals surface area contributed by atoms with Crippen LogP contribution < -0.4 is 4.90 Å². The predicted molar refractivity (Wildman–Crippen MR) is 84.2 cm³/mol. The lowest BCUT2D eigenvalue weighted by molar-refractivity contribution is -0.141. The van der Waals surface area contributed by atoms with Gasteiger partial charge in [0.05, 0.1) is 16.3 Å². The third-order valence-corrected chi connectivity index (χ3v) is 4.73. The van der Waals surface area contributed by atoms with Crippen LogP contribution in [0.1, 0.15) is 18.4 Å². The summed E-state index contributed by atoms with van der Waals surface area (Å²) in [5.41, 5.74) is -0.365. The molecule has 3 rings (SSSR count). The van der Waals surface area contributed by atoms with Gasteiger partial charge in [0.1, 0.15) is 6.10 Å². The number of piperazine rings is 1. The molecule has 1 aromatic carbocycles. The second-order valence-corrected chi connectivity index (χ2v) is 6.39. The number of carbonyl (C=O) groups excluding carboxylic acids is 1. The number of anilines is 1. The summed E-state index contributed by atoms with van der Waals surface area (Å²) in [6.45, 7) is 2.39. The third kappa shape index (κ3) is 3.62. The molecule has 1 unspecified atom stereocenters. The molecule has 8 heteroatoms. The number of ether oxygens (including phenoxy) is 1. The molecule has 2 saturated heterocycles. The number of hydrogen-bond donors (Lipinski definition) is 0. The van der Waals surface area contributed by atoms with Gasteiger partial charge in [-0.15, -0.1) is 0 Å². The summed E-state index contributed by atoms with van der Waals surface area (Å²) < 4.78 is 44.0. The van der Waals surface area contributed by atoms with Crippen molar-refractivity contribution < 1.29 is 22.7 Å². The molecule has 0 spiro atoms. The summed E-state index contributed by atoms with van der Waals surface area (Å²) in [4.78, 5) is 15.8. The van der Waals surface area contributed by atoms with Gasteiger partial charge in [0.2, 0.25) is 0 Å². The highest BCUT2D eigenvalue weighted by Gasteiger charge is 2.33. The molecule has 4 nitrogen and oxygen atoms in total. The van der Waals surface area contributed by atoms with E-state index in [1.807, 2.05) is 0 Å². The van der Waals surface area contributed by atoms with Crippen molar-refractivity contribution in [1.82, 2.24) is 4.90 Å². The van der Waals surface area contributed by atoms with Crippen molar-refractivity contribution in [1.29, 1.82) is 0 Å². The number of carbonyl (C=O) groups is 1. The fourth-order valence-electron chi connectivity index (χ4n) is 3.08. The van der Waals surface area contributed by atoms with Gasteiger partial charge >= 0.3 is 6.18 Å². The Hall–Kier alpha value is -1.47. The number of alkyl halides is 3. The minimum atomic E-state index is -4.41. The summed E-state index contributed by atoms with van der Waals surface area (Å²) >= 11 is 6.07. The average Bonchev–Trinajstić information content (AvgIpc) is 3.08. The molecular formula is C16H18ClF3N2O2. The van der Waals surface area contributed by atoms with Crippen LogP contribution in [0.5, 0.6) is 0 Å². The predicted octanol–water partition coefficient (Wildman–Crippen LogP) is 3.19. The molecule has 24 heavy (non-hydrogen) atoms. The van der Waals surface area contributed by atoms with Gasteiger partial charge in [-0.25, -0.2) is 0 Å². The maximum Gasteiger partial charge on any atom is 0.416 e. The van der Waals surface area contributed by atoms with Crippen LogP contribution in [0.2, 0.25) is 5.02 Å². The lowest BCUT2D eigenvalue weighted by Gasteiger charge is -2.37. The Morgan fingerprint density at radius 2 is 1.92 bits per heavy atom. The first-order chi connectivity index (χ1) is 11.4. The van der Waals surface area contributed by atoms with E-state index in [1.165, 1.54) is 6.07 Å². The van der Waals surface area contributed by atoms with Crippen LogP contribution >= 0.6 is 11.6 Å². The fraction of sp³-hybridized carbons (Fsp3) is 0.562. The molecule has 0 saturated carbocycles. The zero-order valence-corrected chi connectivity index (χ0v) is 13.7. The van der Waals surface area contributed by atoms with Crippen molar-refractivity contribution in [2.24, 2.45) is 0 Å². The standard InChI is InChI=1S/C16H18ClF3N2O2/c17-12-4-3-11(16(18,19)20)10-13(12)21-5-7-22(8-6-21)15(23)14-2-1-9-24-14/h3-4,10,14H,1-2,5-9H2. The highest BCUT2D eigenvalue weighted by molar-refractivity contribution is 6.33. The lowest BCUT2D eigenvalue weighted by Crippen LogP contribution is -2.51. The molecule has 2 aliphatic heterocycles. The number of halogens is 4. The van der Waals surface area contributed by atoms with Gasteiger partial charge in [-0.3, -0.25) is 4.79 Å². The smallest absolute Gasteiger partial charge is 0.368 e. The maximum absolute atomic E-state index is 12.9. The van der Waals surface area contributed by atoms with Gasteiger partial charge in [-0.1, -0.05) is 11.6 Å². The van der Waals surface area contributed by atoms with E-state index in [4.69, 9.17) is 16.3 Å². The summed E-state index contributed by atoms with van der Waals surface area (Å²) in [6.07, 6.45) is -3.15. The molecule has 0 radical (unpaired) electrons. The molecule has 1 amide bonds. The van der Waals surface area contributed by atoms with E-state index < -0.39 is 11.7 Å². The van der Waals surface area contributed by atoms with E-state index in [0.717, 1.165) is 25.0 Å². The van der Waals surface area contributed by atoms with Crippen molar-refractivity contribution in [3.8, 4) is 0 Å². The number of benzene rings is 1. The molecular weight excluding hydrogens is 345 g/mol. The van der Waals surface area contributed by atoms with E-state index in [1.54, 1.807) is 9.80 Å². The van der Waals surface area contributed by atoms with Gasteiger partial charge in [0.25, 0.3) is 5.91 Å². The number of amides is 1. The molecule has 2 aliphatic rings. The average molecular weight is 363 g/mol. The van der Waals surface area contributed by atoms with E-state index in [-0.39, 0.29) is 17.0 Å². The highest BCUT2D eigenvalue weighted by Crippen LogP contribution is 2.35. The van der Waals surface area contributed by atoms with Gasteiger partial charge in [-0.2, -0.15) is 13.2 Å². The summed E-state index contributed by atoms with van der Waals surface area (Å²) in [7, 11) is 0. The molecule has 132 valence electrons. The Balaban J connectivity index is 1.67. The van der Waals surface area contributed by atoms with Crippen molar-refractivity contribution in [2.75, 3.05) is 37.7 Å². The van der Waals surface area contributed by atoms with E-state index in [9.17, 15) is 18.0 Å². The number of nitrogens with zero attached hydrogens (tertiary/aromatic N) is 2. The monoisotopic (exact) mass is 362 g/mol. The van der Waals surface area contributed by atoms with Gasteiger partial charge in [0.15, 0.2) is 0 Å². The van der Waals surface area contributed by atoms with Crippen LogP contribution in [0, 0.1) is 0 Å². The van der Waals surface area contributed by atoms with Gasteiger partial charge in [-0.05, 0) is 31.0 Å². The lowest BCUT2D eigenvalue weighted by atomic mass is 10.1. The van der Waals surface area contributed by atoms with Crippen molar-refractivity contribution in [3.05, 3.63) is 28.8 Å². The van der Waals surface area contributed by atoms with Crippen LogP contribution in [-0.4, -0.2) is 49.7 Å². The van der Waals surface area contributed by atoms with Crippen LogP contribution in [0.4, 0.5) is 18.9 Å². The molecule has 0 bridgehead atoms. The van der Waals surface area contributed by atoms with Crippen LogP contribution in [-0.2, 0) is 15.7 Å². The zero-order valence-electron chi connectivity index (χ0n) is 13.0. The zero-order chi connectivity index (χ0) is 17.3. The first kappa shape index (κ1) is 17.4. The molecule has 1 atom stereocenters. The van der Waals surface area contributed by atoms with E-state index >= 15 is 0 Å². The minimum Gasteiger partial charge on any atom is -0.368 e. The Bertz CT molecular complexity index is 610. The Morgan fingerprint density at radius 1 is 1.21 bits per heavy atom. The molecule has 1 aromatic rings. The SMILES string of the molecule is O=C(C1CCCO1)N1CCN(c2cc(C(F)(F)F)ccc2Cl)CC1. The van der Waals surface area contributed by atoms with Gasteiger partial charge < -0.3 is 14.5 Å². The van der Waals surface area contributed by atoms with Crippen LogP contribution in [0.15, 0.2) is 18.2 Å². The molecule has 0 N–H and O–H groups in total. The first-order valence-corrected chi connectivity index (χ1v) is 8.26. The fourth-order valence-corrected chi connectivity index (χ4v) is 3.31. The highest BCUT2D eigenvalue weighted by atomic mass is 35.5. The van der Waals surface area contributed by atoms with Crippen LogP contribution in [0.25, 0.3) is 0 Å². The summed E-state index contributed by atoms with van der Waals surface area (Å²) in [5, 5.41) is 0.280. The van der Waals surface area contributed by atoms with E-state index in [2.05, 4.69) is 0 Å². The molecule has 2 heterocycles. The molecule has 2 fully saturated rings. The van der Waals surface area contributed by atoms with Crippen molar-refractivity contribution in [3.63, 3.8) is 0 Å². The minimum absolute atomic E-state index is 0.0257. The molecule has 0 aromatic heterocycles. The topological polar surface area (TPSA) is 32.8 Å². The van der Waals surface area contributed by atoms with Gasteiger partial charge in [0, 0.05) is 32.8 Å². The molecule has 0 aliphatic carbocycles. The second kappa shape index (κ2) is 6.80. The Morgan fingerprint density at radius 3 is 2.50 bits per heavy atom. The maximum atomic E-state index is 12.9. The summed E-state index contributed by atoms with van der Waals surface area (Å²) in [5.74, 6) is -0.0257. The van der Waals surface area contributed by atoms with Crippen molar-refractivity contribution in [2.45, 2.75) is 25.1 Å². The van der Waals surface area contributed by atoms with E-state index in [0.29, 0.717) is 38.5 Å². The number of rotatable bonds is 2. The first-order valence-electron chi connectivity index (χ1n) is 7.88. The third-order valence-electron chi connectivity index (χ3n) is 4.41. The summed E-state index contributed by atoms with van der Waals surface area (Å²) in [6, 6.07) is 3.31. The normalized spacial score (nSPS) is 22.1. The Kier molecular flexibility index (Phi) is 4.92. The van der Waals surface area contributed by atoms with Crippen molar-refractivity contribution >= 4 is 23.2 Å². The Labute approximate surface area is 143 Å². The quantitative estimate of drug-likeness (QED) is 0.810. The van der Waals surface area contributed by atoms with Crippen LogP contribution in [0.3, 0.4) is 0 Å². The largest absolute Gasteiger partial charge is 0.416 e. The number of hydrogen-bond acceptors (Lipinski definition) is 3.